The number of aryl methyl sites for hydroxylation is 2. The van der Waals surface area contributed by atoms with Gasteiger partial charge in [-0.2, -0.15) is 0 Å². The Labute approximate surface area is 148 Å². The number of benzene rings is 1. The first-order valence-electron chi connectivity index (χ1n) is 8.86. The van der Waals surface area contributed by atoms with E-state index in [2.05, 4.69) is 5.32 Å². The van der Waals surface area contributed by atoms with Crippen LogP contribution in [0.3, 0.4) is 0 Å². The van der Waals surface area contributed by atoms with Gasteiger partial charge in [-0.25, -0.2) is 4.79 Å². The summed E-state index contributed by atoms with van der Waals surface area (Å²) in [7, 11) is 0. The molecule has 2 fully saturated rings. The van der Waals surface area contributed by atoms with E-state index in [1.165, 1.54) is 0 Å². The molecule has 1 saturated heterocycles. The number of aliphatic hydroxyl groups excluding tert-OH is 1. The molecule has 0 radical (unpaired) electrons. The minimum absolute atomic E-state index is 0.0369. The number of carbonyl (C=O) groups is 2. The number of hydrogen-bond acceptors (Lipinski definition) is 4. The normalized spacial score (nSPS) is 20.2. The van der Waals surface area contributed by atoms with Crippen molar-refractivity contribution in [2.75, 3.05) is 13.2 Å². The summed E-state index contributed by atoms with van der Waals surface area (Å²) in [4.78, 5) is 25.9. The molecule has 2 aliphatic rings. The monoisotopic (exact) mass is 346 g/mol. The summed E-state index contributed by atoms with van der Waals surface area (Å²) in [5.74, 6) is 0.542. The molecule has 3 rings (SSSR count). The fraction of sp³-hybridized carbons (Fsp3) is 0.579. The summed E-state index contributed by atoms with van der Waals surface area (Å²) in [6.45, 7) is 5.93. The number of imide groups is 1. The number of rotatable bonds is 5. The summed E-state index contributed by atoms with van der Waals surface area (Å²) in [5.41, 5.74) is 2.41. The lowest BCUT2D eigenvalue weighted by molar-refractivity contribution is -0.132. The zero-order valence-corrected chi connectivity index (χ0v) is 15.1. The third kappa shape index (κ3) is 3.23. The standard InChI is InChI=1S/C19H26N2O4/c1-12-6-7-13(2)16(14(12)3)25-11-15(22)10-21-17(23)19(20-18(21)24)8-4-5-9-19/h6-7,15,22H,4-5,8-11H2,1-3H3,(H,20,24). The van der Waals surface area contributed by atoms with Crippen LogP contribution in [0.25, 0.3) is 0 Å². The molecule has 0 bridgehead atoms. The van der Waals surface area contributed by atoms with Crippen molar-refractivity contribution in [3.63, 3.8) is 0 Å². The van der Waals surface area contributed by atoms with E-state index in [1.54, 1.807) is 0 Å². The van der Waals surface area contributed by atoms with Gasteiger partial charge in [0.15, 0.2) is 0 Å². The number of ether oxygens (including phenoxy) is 1. The van der Waals surface area contributed by atoms with Crippen LogP contribution in [0.15, 0.2) is 12.1 Å². The van der Waals surface area contributed by atoms with Gasteiger partial charge in [-0.05, 0) is 50.3 Å². The van der Waals surface area contributed by atoms with Crippen LogP contribution in [-0.2, 0) is 4.79 Å². The van der Waals surface area contributed by atoms with Crippen LogP contribution in [0.1, 0.15) is 42.4 Å². The number of nitrogens with zero attached hydrogens (tertiary/aromatic N) is 1. The Balaban J connectivity index is 1.62. The van der Waals surface area contributed by atoms with Gasteiger partial charge in [0.05, 0.1) is 6.54 Å². The highest BCUT2D eigenvalue weighted by Gasteiger charge is 2.52. The van der Waals surface area contributed by atoms with E-state index in [-0.39, 0.29) is 19.1 Å². The van der Waals surface area contributed by atoms with Gasteiger partial charge in [0.1, 0.15) is 24.0 Å². The number of amides is 3. The van der Waals surface area contributed by atoms with E-state index < -0.39 is 17.7 Å². The van der Waals surface area contributed by atoms with Crippen LogP contribution in [0, 0.1) is 20.8 Å². The van der Waals surface area contributed by atoms with Crippen molar-refractivity contribution < 1.29 is 19.4 Å². The Hall–Kier alpha value is -2.08. The Morgan fingerprint density at radius 3 is 2.52 bits per heavy atom. The van der Waals surface area contributed by atoms with Gasteiger partial charge in [-0.1, -0.05) is 25.0 Å². The zero-order chi connectivity index (χ0) is 18.2. The number of aliphatic hydroxyl groups is 1. The number of hydrogen-bond donors (Lipinski definition) is 2. The van der Waals surface area contributed by atoms with Crippen molar-refractivity contribution >= 4 is 11.9 Å². The molecule has 1 atom stereocenters. The molecule has 1 unspecified atom stereocenters. The van der Waals surface area contributed by atoms with Crippen molar-refractivity contribution in [3.05, 3.63) is 28.8 Å². The Morgan fingerprint density at radius 2 is 1.84 bits per heavy atom. The summed E-state index contributed by atoms with van der Waals surface area (Å²) in [6, 6.07) is 3.60. The number of β-amino-alcohol motifs (C(OH)–C–C–N with tert-alkyl or cyclic N) is 1. The molecular weight excluding hydrogens is 320 g/mol. The number of urea groups is 1. The minimum Gasteiger partial charge on any atom is -0.490 e. The fourth-order valence-corrected chi connectivity index (χ4v) is 3.75. The zero-order valence-electron chi connectivity index (χ0n) is 15.1. The molecule has 1 aromatic rings. The van der Waals surface area contributed by atoms with E-state index in [0.717, 1.165) is 40.2 Å². The molecule has 2 N–H and O–H groups in total. The van der Waals surface area contributed by atoms with Gasteiger partial charge < -0.3 is 15.2 Å². The molecule has 1 aromatic carbocycles. The minimum atomic E-state index is -0.925. The first-order chi connectivity index (χ1) is 11.8. The fourth-order valence-electron chi connectivity index (χ4n) is 3.75. The Bertz CT molecular complexity index is 695. The molecule has 1 aliphatic heterocycles. The summed E-state index contributed by atoms with van der Waals surface area (Å²) in [6.07, 6.45) is 2.32. The number of nitrogens with one attached hydrogen (secondary N) is 1. The van der Waals surface area contributed by atoms with Crippen molar-refractivity contribution in [1.29, 1.82) is 0 Å². The predicted octanol–water partition coefficient (Wildman–Crippen LogP) is 2.22. The third-order valence-corrected chi connectivity index (χ3v) is 5.39. The van der Waals surface area contributed by atoms with Crippen LogP contribution < -0.4 is 10.1 Å². The lowest BCUT2D eigenvalue weighted by Crippen LogP contribution is -2.45. The summed E-state index contributed by atoms with van der Waals surface area (Å²) in [5, 5.41) is 13.1. The molecule has 6 nitrogen and oxygen atoms in total. The van der Waals surface area contributed by atoms with Gasteiger partial charge in [-0.15, -0.1) is 0 Å². The second kappa shape index (κ2) is 6.67. The quantitative estimate of drug-likeness (QED) is 0.801. The van der Waals surface area contributed by atoms with E-state index in [0.29, 0.717) is 12.8 Å². The smallest absolute Gasteiger partial charge is 0.325 e. The van der Waals surface area contributed by atoms with Crippen LogP contribution >= 0.6 is 0 Å². The molecule has 136 valence electrons. The van der Waals surface area contributed by atoms with Crippen LogP contribution in [0.4, 0.5) is 4.79 Å². The Morgan fingerprint density at radius 1 is 1.20 bits per heavy atom. The lowest BCUT2D eigenvalue weighted by Gasteiger charge is -2.22. The maximum absolute atomic E-state index is 12.6. The van der Waals surface area contributed by atoms with Crippen molar-refractivity contribution in [1.82, 2.24) is 10.2 Å². The molecule has 6 heteroatoms. The van der Waals surface area contributed by atoms with Crippen LogP contribution in [0.2, 0.25) is 0 Å². The average Bonchev–Trinajstić information content (AvgIpc) is 3.12. The van der Waals surface area contributed by atoms with Crippen molar-refractivity contribution in [2.24, 2.45) is 0 Å². The van der Waals surface area contributed by atoms with E-state index >= 15 is 0 Å². The number of carbonyl (C=O) groups excluding carboxylic acids is 2. The maximum atomic E-state index is 12.6. The second-order valence-corrected chi connectivity index (χ2v) is 7.25. The molecule has 1 aliphatic carbocycles. The average molecular weight is 346 g/mol. The highest BCUT2D eigenvalue weighted by atomic mass is 16.5. The van der Waals surface area contributed by atoms with Gasteiger partial charge >= 0.3 is 6.03 Å². The van der Waals surface area contributed by atoms with Crippen molar-refractivity contribution in [3.8, 4) is 5.75 Å². The van der Waals surface area contributed by atoms with Crippen molar-refractivity contribution in [2.45, 2.75) is 58.1 Å². The maximum Gasteiger partial charge on any atom is 0.325 e. The van der Waals surface area contributed by atoms with Gasteiger partial charge in [0.25, 0.3) is 5.91 Å². The largest absolute Gasteiger partial charge is 0.490 e. The molecule has 0 aromatic heterocycles. The topological polar surface area (TPSA) is 78.9 Å². The molecule has 1 heterocycles. The van der Waals surface area contributed by atoms with E-state index in [4.69, 9.17) is 4.74 Å². The molecule has 25 heavy (non-hydrogen) atoms. The highest BCUT2D eigenvalue weighted by Crippen LogP contribution is 2.35. The lowest BCUT2D eigenvalue weighted by atomic mass is 9.98. The van der Waals surface area contributed by atoms with Gasteiger partial charge in [0, 0.05) is 0 Å². The van der Waals surface area contributed by atoms with E-state index in [1.807, 2.05) is 32.9 Å². The summed E-state index contributed by atoms with van der Waals surface area (Å²) < 4.78 is 5.79. The summed E-state index contributed by atoms with van der Waals surface area (Å²) >= 11 is 0. The van der Waals surface area contributed by atoms with Gasteiger partial charge in [-0.3, -0.25) is 9.69 Å². The SMILES string of the molecule is Cc1ccc(C)c(OCC(O)CN2C(=O)NC3(CCCC3)C2=O)c1C. The first kappa shape index (κ1) is 17.7. The predicted molar refractivity (Wildman–Crippen MR) is 93.6 cm³/mol. The first-order valence-corrected chi connectivity index (χ1v) is 8.86. The molecule has 3 amide bonds. The molecule has 1 saturated carbocycles. The molecule has 1 spiro atoms. The van der Waals surface area contributed by atoms with E-state index in [9.17, 15) is 14.7 Å². The molecular formula is C19H26N2O4. The highest BCUT2D eigenvalue weighted by molar-refractivity contribution is 6.07. The van der Waals surface area contributed by atoms with Crippen LogP contribution in [0.5, 0.6) is 5.75 Å². The van der Waals surface area contributed by atoms with Gasteiger partial charge in [0.2, 0.25) is 0 Å². The third-order valence-electron chi connectivity index (χ3n) is 5.39. The van der Waals surface area contributed by atoms with Crippen LogP contribution in [-0.4, -0.2) is 46.7 Å². The Kier molecular flexibility index (Phi) is 4.73. The second-order valence-electron chi connectivity index (χ2n) is 7.25.